The van der Waals surface area contributed by atoms with Crippen molar-refractivity contribution < 1.29 is 14.1 Å². The van der Waals surface area contributed by atoms with Crippen LogP contribution in [0.5, 0.6) is 5.75 Å². The summed E-state index contributed by atoms with van der Waals surface area (Å²) >= 11 is 0. The highest BCUT2D eigenvalue weighted by Gasteiger charge is 2.07. The van der Waals surface area contributed by atoms with E-state index in [-0.39, 0.29) is 16.8 Å². The molecule has 11 heavy (non-hydrogen) atoms. The molecule has 0 unspecified atom stereocenters. The van der Waals surface area contributed by atoms with E-state index in [1.807, 2.05) is 0 Å². The van der Waals surface area contributed by atoms with Gasteiger partial charge in [-0.2, -0.15) is 0 Å². The molecule has 1 N–H and O–H groups in total. The van der Waals surface area contributed by atoms with Gasteiger partial charge in [0.05, 0.1) is 0 Å². The summed E-state index contributed by atoms with van der Waals surface area (Å²) in [5, 5.41) is 15.5. The monoisotopic (exact) mass is 154 g/mol. The van der Waals surface area contributed by atoms with Gasteiger partial charge >= 0.3 is 0 Å². The van der Waals surface area contributed by atoms with Gasteiger partial charge in [-0.15, -0.1) is 0 Å². The minimum absolute atomic E-state index is 0.0304. The van der Waals surface area contributed by atoms with Gasteiger partial charge < -0.3 is 5.11 Å². The zero-order chi connectivity index (χ0) is 7.84. The predicted octanol–water partition coefficient (Wildman–Crippen LogP) is 1.07. The highest BCUT2D eigenvalue weighted by Crippen LogP contribution is 2.19. The van der Waals surface area contributed by atoms with Crippen LogP contribution < -0.4 is 0 Å². The van der Waals surface area contributed by atoms with Gasteiger partial charge in [-0.05, 0) is 10.3 Å². The number of phenolic OH excluding ortho intramolecular Hbond substituents is 1. The Morgan fingerprint density at radius 1 is 1.36 bits per heavy atom. The van der Waals surface area contributed by atoms with Crippen LogP contribution in [0.1, 0.15) is 0 Å². The van der Waals surface area contributed by atoms with Gasteiger partial charge in [-0.3, -0.25) is 0 Å². The molecule has 0 saturated heterocycles. The second-order valence-electron chi connectivity index (χ2n) is 2.06. The van der Waals surface area contributed by atoms with E-state index in [1.165, 1.54) is 6.07 Å². The van der Waals surface area contributed by atoms with Gasteiger partial charge in [0.2, 0.25) is 0 Å². The average Bonchev–Trinajstić information content (AvgIpc) is 2.34. The Kier molecular flexibility index (Phi) is 1.06. The van der Waals surface area contributed by atoms with E-state index in [0.29, 0.717) is 0 Å². The number of nitrogens with zero attached hydrogens (tertiary/aromatic N) is 2. The number of fused-ring (bicyclic) bond motifs is 1. The fourth-order valence-electron chi connectivity index (χ4n) is 0.836. The molecule has 0 amide bonds. The molecule has 4 nitrogen and oxygen atoms in total. The molecule has 0 saturated carbocycles. The van der Waals surface area contributed by atoms with Crippen molar-refractivity contribution in [2.45, 2.75) is 0 Å². The van der Waals surface area contributed by atoms with Crippen LogP contribution in [-0.4, -0.2) is 15.4 Å². The Morgan fingerprint density at radius 2 is 2.18 bits per heavy atom. The van der Waals surface area contributed by atoms with Crippen LogP contribution >= 0.6 is 0 Å². The van der Waals surface area contributed by atoms with Crippen molar-refractivity contribution in [3.63, 3.8) is 0 Å². The lowest BCUT2D eigenvalue weighted by atomic mass is 10.3. The van der Waals surface area contributed by atoms with E-state index in [9.17, 15) is 4.39 Å². The van der Waals surface area contributed by atoms with Crippen molar-refractivity contribution in [3.8, 4) is 5.75 Å². The number of phenols is 1. The third kappa shape index (κ3) is 0.813. The average molecular weight is 154 g/mol. The van der Waals surface area contributed by atoms with Crippen LogP contribution in [0.25, 0.3) is 11.0 Å². The van der Waals surface area contributed by atoms with Crippen LogP contribution in [0.3, 0.4) is 0 Å². The highest BCUT2D eigenvalue weighted by atomic mass is 19.1. The summed E-state index contributed by atoms with van der Waals surface area (Å²) in [5.41, 5.74) is 0.241. The molecule has 0 aliphatic carbocycles. The number of halogens is 1. The minimum atomic E-state index is -0.638. The van der Waals surface area contributed by atoms with Gasteiger partial charge in [-0.25, -0.2) is 9.02 Å². The molecule has 0 aliphatic heterocycles. The maximum Gasteiger partial charge on any atom is 0.171 e. The molecule has 5 heteroatoms. The second kappa shape index (κ2) is 1.91. The molecule has 1 aromatic heterocycles. The highest BCUT2D eigenvalue weighted by molar-refractivity contribution is 5.75. The Morgan fingerprint density at radius 3 is 3.00 bits per heavy atom. The molecule has 1 heterocycles. The number of aromatic hydroxyl groups is 1. The molecule has 0 aliphatic rings. The first-order chi connectivity index (χ1) is 5.27. The molecule has 1 aromatic carbocycles. The van der Waals surface area contributed by atoms with E-state index in [2.05, 4.69) is 14.9 Å². The zero-order valence-electron chi connectivity index (χ0n) is 5.28. The van der Waals surface area contributed by atoms with E-state index < -0.39 is 5.82 Å². The van der Waals surface area contributed by atoms with Crippen LogP contribution in [0.4, 0.5) is 4.39 Å². The minimum Gasteiger partial charge on any atom is -0.508 e. The number of rotatable bonds is 0. The summed E-state index contributed by atoms with van der Waals surface area (Å²) in [5.74, 6) is -0.827. The summed E-state index contributed by atoms with van der Waals surface area (Å²) in [6, 6.07) is 2.22. The van der Waals surface area contributed by atoms with Crippen molar-refractivity contribution in [3.05, 3.63) is 17.9 Å². The number of hydrogen-bond acceptors (Lipinski definition) is 4. The molecular formula is C6H3FN2O2. The molecule has 0 bridgehead atoms. The van der Waals surface area contributed by atoms with Crippen molar-refractivity contribution in [2.75, 3.05) is 0 Å². The van der Waals surface area contributed by atoms with Crippen molar-refractivity contribution in [1.29, 1.82) is 0 Å². The quantitative estimate of drug-likeness (QED) is 0.616. The van der Waals surface area contributed by atoms with Gasteiger partial charge in [0.1, 0.15) is 11.3 Å². The molecule has 56 valence electrons. The van der Waals surface area contributed by atoms with E-state index >= 15 is 0 Å². The fraction of sp³-hybridized carbons (Fsp3) is 0. The zero-order valence-corrected chi connectivity index (χ0v) is 5.28. The number of hydrogen-bond donors (Lipinski definition) is 1. The molecular weight excluding hydrogens is 151 g/mol. The Bertz CT molecular complexity index is 398. The smallest absolute Gasteiger partial charge is 0.171 e. The van der Waals surface area contributed by atoms with E-state index in [0.717, 1.165) is 6.07 Å². The summed E-state index contributed by atoms with van der Waals surface area (Å²) in [6.45, 7) is 0. The second-order valence-corrected chi connectivity index (χ2v) is 2.06. The number of aromatic nitrogens is 2. The SMILES string of the molecule is Oc1cc(F)c2nonc2c1. The third-order valence-electron chi connectivity index (χ3n) is 1.30. The van der Waals surface area contributed by atoms with Gasteiger partial charge in [0.25, 0.3) is 0 Å². The van der Waals surface area contributed by atoms with Gasteiger partial charge in [0, 0.05) is 12.1 Å². The first-order valence-electron chi connectivity index (χ1n) is 2.88. The lowest BCUT2D eigenvalue weighted by Crippen LogP contribution is -1.77. The maximum atomic E-state index is 12.8. The van der Waals surface area contributed by atoms with E-state index in [4.69, 9.17) is 5.11 Å². The molecule has 0 fully saturated rings. The molecule has 2 aromatic rings. The Labute approximate surface area is 60.2 Å². The largest absolute Gasteiger partial charge is 0.508 e. The van der Waals surface area contributed by atoms with Crippen molar-refractivity contribution in [2.24, 2.45) is 0 Å². The first-order valence-corrected chi connectivity index (χ1v) is 2.88. The summed E-state index contributed by atoms with van der Waals surface area (Å²) in [4.78, 5) is 0. The van der Waals surface area contributed by atoms with Crippen LogP contribution in [-0.2, 0) is 0 Å². The van der Waals surface area contributed by atoms with E-state index in [1.54, 1.807) is 0 Å². The normalized spacial score (nSPS) is 10.6. The fourth-order valence-corrected chi connectivity index (χ4v) is 0.836. The number of benzene rings is 1. The Hall–Kier alpha value is -1.65. The van der Waals surface area contributed by atoms with Crippen LogP contribution in [0.2, 0.25) is 0 Å². The third-order valence-corrected chi connectivity index (χ3v) is 1.30. The first kappa shape index (κ1) is 6.09. The van der Waals surface area contributed by atoms with Crippen molar-refractivity contribution >= 4 is 11.0 Å². The predicted molar refractivity (Wildman–Crippen MR) is 33.4 cm³/mol. The lowest BCUT2D eigenvalue weighted by Gasteiger charge is -1.89. The summed E-state index contributed by atoms with van der Waals surface area (Å²) in [7, 11) is 0. The molecule has 0 atom stereocenters. The molecule has 0 spiro atoms. The Balaban J connectivity index is 2.91. The van der Waals surface area contributed by atoms with Gasteiger partial charge in [0.15, 0.2) is 11.3 Å². The lowest BCUT2D eigenvalue weighted by molar-refractivity contribution is 0.314. The van der Waals surface area contributed by atoms with Crippen LogP contribution in [0, 0.1) is 5.82 Å². The molecule has 2 rings (SSSR count). The molecule has 0 radical (unpaired) electrons. The summed E-state index contributed by atoms with van der Waals surface area (Å²) < 4.78 is 17.0. The van der Waals surface area contributed by atoms with Crippen molar-refractivity contribution in [1.82, 2.24) is 10.3 Å². The standard InChI is InChI=1S/C6H3FN2O2/c7-4-1-3(10)2-5-6(4)9-11-8-5/h1-2,10H. The topological polar surface area (TPSA) is 59.2 Å². The van der Waals surface area contributed by atoms with Crippen LogP contribution in [0.15, 0.2) is 16.8 Å². The van der Waals surface area contributed by atoms with Gasteiger partial charge in [-0.1, -0.05) is 0 Å². The summed E-state index contributed by atoms with van der Waals surface area (Å²) in [6.07, 6.45) is 0. The maximum absolute atomic E-state index is 12.8.